The molecule has 0 aliphatic carbocycles. The highest BCUT2D eigenvalue weighted by Gasteiger charge is 2.06. The zero-order valence-corrected chi connectivity index (χ0v) is 16.0. The van der Waals surface area contributed by atoms with E-state index in [2.05, 4.69) is 10.6 Å². The molecule has 26 heavy (non-hydrogen) atoms. The van der Waals surface area contributed by atoms with Crippen LogP contribution in [0.4, 0.5) is 5.69 Å². The van der Waals surface area contributed by atoms with Crippen molar-refractivity contribution in [2.45, 2.75) is 26.7 Å². The van der Waals surface area contributed by atoms with Crippen molar-refractivity contribution in [1.82, 2.24) is 5.32 Å². The topological polar surface area (TPSA) is 59.6 Å². The van der Waals surface area contributed by atoms with Gasteiger partial charge < -0.3 is 20.1 Å². The Hall–Kier alpha value is -2.53. The molecule has 5 nitrogen and oxygen atoms in total. The van der Waals surface area contributed by atoms with Crippen LogP contribution in [0.25, 0.3) is 0 Å². The largest absolute Gasteiger partial charge is 0.493 e. The normalized spacial score (nSPS) is 10.5. The molecule has 1 amide bonds. The van der Waals surface area contributed by atoms with Crippen LogP contribution in [0.2, 0.25) is 0 Å². The summed E-state index contributed by atoms with van der Waals surface area (Å²) in [5.41, 5.74) is 4.34. The third-order valence-electron chi connectivity index (χ3n) is 4.45. The second-order valence-corrected chi connectivity index (χ2v) is 6.23. The van der Waals surface area contributed by atoms with Crippen LogP contribution in [0.5, 0.6) is 11.5 Å². The van der Waals surface area contributed by atoms with Gasteiger partial charge in [0.25, 0.3) is 0 Å². The summed E-state index contributed by atoms with van der Waals surface area (Å²) < 4.78 is 10.6. The van der Waals surface area contributed by atoms with Gasteiger partial charge in [-0.05, 0) is 61.7 Å². The van der Waals surface area contributed by atoms with Gasteiger partial charge in [-0.15, -0.1) is 0 Å². The highest BCUT2D eigenvalue weighted by molar-refractivity contribution is 5.91. The lowest BCUT2D eigenvalue weighted by molar-refractivity contribution is -0.116. The monoisotopic (exact) mass is 356 g/mol. The van der Waals surface area contributed by atoms with E-state index in [1.165, 1.54) is 5.56 Å². The van der Waals surface area contributed by atoms with Crippen molar-refractivity contribution in [3.63, 3.8) is 0 Å². The molecule has 0 fully saturated rings. The van der Waals surface area contributed by atoms with E-state index in [-0.39, 0.29) is 5.91 Å². The Morgan fingerprint density at radius 2 is 1.77 bits per heavy atom. The van der Waals surface area contributed by atoms with Crippen LogP contribution in [0.1, 0.15) is 23.1 Å². The second kappa shape index (κ2) is 9.82. The van der Waals surface area contributed by atoms with Gasteiger partial charge in [0.15, 0.2) is 11.5 Å². The smallest absolute Gasteiger partial charge is 0.225 e. The van der Waals surface area contributed by atoms with Gasteiger partial charge in [-0.3, -0.25) is 4.79 Å². The quantitative estimate of drug-likeness (QED) is 0.676. The number of hydrogen-bond donors (Lipinski definition) is 2. The van der Waals surface area contributed by atoms with Gasteiger partial charge in [0, 0.05) is 18.7 Å². The number of anilines is 1. The summed E-state index contributed by atoms with van der Waals surface area (Å²) in [6.07, 6.45) is 1.30. The van der Waals surface area contributed by atoms with E-state index in [1.54, 1.807) is 14.2 Å². The van der Waals surface area contributed by atoms with Crippen molar-refractivity contribution in [3.8, 4) is 11.5 Å². The van der Waals surface area contributed by atoms with Gasteiger partial charge in [0.2, 0.25) is 5.91 Å². The van der Waals surface area contributed by atoms with Crippen molar-refractivity contribution >= 4 is 11.6 Å². The third kappa shape index (κ3) is 5.49. The fraction of sp³-hybridized carbons (Fsp3) is 0.381. The Morgan fingerprint density at radius 1 is 1.00 bits per heavy atom. The molecule has 140 valence electrons. The molecule has 0 spiro atoms. The van der Waals surface area contributed by atoms with Gasteiger partial charge in [-0.1, -0.05) is 18.2 Å². The lowest BCUT2D eigenvalue weighted by Crippen LogP contribution is -2.23. The lowest BCUT2D eigenvalue weighted by atomic mass is 10.1. The zero-order valence-electron chi connectivity index (χ0n) is 16.0. The first-order chi connectivity index (χ1) is 12.5. The molecular weight excluding hydrogens is 328 g/mol. The maximum Gasteiger partial charge on any atom is 0.225 e. The summed E-state index contributed by atoms with van der Waals surface area (Å²) in [5, 5.41) is 6.29. The number of amides is 1. The molecule has 0 heterocycles. The summed E-state index contributed by atoms with van der Waals surface area (Å²) in [7, 11) is 3.26. The van der Waals surface area contributed by atoms with E-state index in [1.807, 2.05) is 50.2 Å². The van der Waals surface area contributed by atoms with Crippen LogP contribution < -0.4 is 20.1 Å². The predicted octanol–water partition coefficient (Wildman–Crippen LogP) is 3.48. The number of nitrogens with one attached hydrogen (secondary N) is 2. The van der Waals surface area contributed by atoms with Crippen LogP contribution in [0.3, 0.4) is 0 Å². The van der Waals surface area contributed by atoms with Crippen LogP contribution in [-0.2, 0) is 11.2 Å². The summed E-state index contributed by atoms with van der Waals surface area (Å²) in [6, 6.07) is 11.8. The number of ether oxygens (including phenoxy) is 2. The molecule has 0 saturated heterocycles. The minimum atomic E-state index is 0.0253. The van der Waals surface area contributed by atoms with E-state index in [9.17, 15) is 4.79 Å². The maximum absolute atomic E-state index is 12.1. The Kier molecular flexibility index (Phi) is 7.48. The number of methoxy groups -OCH3 is 2. The van der Waals surface area contributed by atoms with Gasteiger partial charge >= 0.3 is 0 Å². The minimum absolute atomic E-state index is 0.0253. The first kappa shape index (κ1) is 19.8. The van der Waals surface area contributed by atoms with Gasteiger partial charge in [0.05, 0.1) is 14.2 Å². The Balaban J connectivity index is 1.72. The first-order valence-electron chi connectivity index (χ1n) is 8.83. The summed E-state index contributed by atoms with van der Waals surface area (Å²) in [4.78, 5) is 12.1. The van der Waals surface area contributed by atoms with E-state index >= 15 is 0 Å². The average molecular weight is 356 g/mol. The number of carbonyl (C=O) groups excluding carboxylic acids is 1. The lowest BCUT2D eigenvalue weighted by Gasteiger charge is -2.11. The number of hydrogen-bond acceptors (Lipinski definition) is 4. The van der Waals surface area contributed by atoms with Crippen molar-refractivity contribution in [2.75, 3.05) is 32.6 Å². The molecule has 5 heteroatoms. The Bertz CT molecular complexity index is 744. The highest BCUT2D eigenvalue weighted by atomic mass is 16.5. The van der Waals surface area contributed by atoms with Gasteiger partial charge in [-0.2, -0.15) is 0 Å². The molecule has 2 aromatic carbocycles. The predicted molar refractivity (Wildman–Crippen MR) is 105 cm³/mol. The molecule has 0 aliphatic rings. The van der Waals surface area contributed by atoms with E-state index < -0.39 is 0 Å². The van der Waals surface area contributed by atoms with E-state index in [0.717, 1.165) is 41.3 Å². The SMILES string of the molecule is COc1ccc(CCNCCC(=O)Nc2cccc(C)c2C)cc1OC. The van der Waals surface area contributed by atoms with E-state index in [0.29, 0.717) is 13.0 Å². The molecule has 0 bridgehead atoms. The van der Waals surface area contributed by atoms with Crippen molar-refractivity contribution in [2.24, 2.45) is 0 Å². The van der Waals surface area contributed by atoms with Crippen LogP contribution in [-0.4, -0.2) is 33.2 Å². The summed E-state index contributed by atoms with van der Waals surface area (Å²) in [6.45, 7) is 5.50. The highest BCUT2D eigenvalue weighted by Crippen LogP contribution is 2.27. The summed E-state index contributed by atoms with van der Waals surface area (Å²) >= 11 is 0. The minimum Gasteiger partial charge on any atom is -0.493 e. The fourth-order valence-corrected chi connectivity index (χ4v) is 2.69. The van der Waals surface area contributed by atoms with Crippen LogP contribution >= 0.6 is 0 Å². The Morgan fingerprint density at radius 3 is 2.50 bits per heavy atom. The maximum atomic E-state index is 12.1. The molecule has 0 saturated carbocycles. The number of carbonyl (C=O) groups is 1. The van der Waals surface area contributed by atoms with Crippen molar-refractivity contribution < 1.29 is 14.3 Å². The van der Waals surface area contributed by atoms with Gasteiger partial charge in [-0.25, -0.2) is 0 Å². The number of rotatable bonds is 9. The molecule has 0 aromatic heterocycles. The summed E-state index contributed by atoms with van der Waals surface area (Å²) in [5.74, 6) is 1.49. The molecule has 0 atom stereocenters. The molecule has 0 aliphatic heterocycles. The number of aryl methyl sites for hydroxylation is 1. The molecular formula is C21H28N2O3. The van der Waals surface area contributed by atoms with Crippen molar-refractivity contribution in [3.05, 3.63) is 53.1 Å². The van der Waals surface area contributed by atoms with Crippen LogP contribution in [0, 0.1) is 13.8 Å². The van der Waals surface area contributed by atoms with Crippen LogP contribution in [0.15, 0.2) is 36.4 Å². The Labute approximate surface area is 155 Å². The van der Waals surface area contributed by atoms with Gasteiger partial charge in [0.1, 0.15) is 0 Å². The van der Waals surface area contributed by atoms with Crippen molar-refractivity contribution in [1.29, 1.82) is 0 Å². The molecule has 0 radical (unpaired) electrons. The number of benzene rings is 2. The van der Waals surface area contributed by atoms with E-state index in [4.69, 9.17) is 9.47 Å². The standard InChI is InChI=1S/C21H28N2O3/c1-15-6-5-7-18(16(15)2)23-21(24)11-13-22-12-10-17-8-9-19(25-3)20(14-17)26-4/h5-9,14,22H,10-13H2,1-4H3,(H,23,24). The fourth-order valence-electron chi connectivity index (χ4n) is 2.69. The third-order valence-corrected chi connectivity index (χ3v) is 4.45. The molecule has 2 aromatic rings. The molecule has 0 unspecified atom stereocenters. The average Bonchev–Trinajstić information content (AvgIpc) is 2.65. The second-order valence-electron chi connectivity index (χ2n) is 6.23. The molecule has 2 rings (SSSR count). The molecule has 2 N–H and O–H groups in total. The first-order valence-corrected chi connectivity index (χ1v) is 8.83. The zero-order chi connectivity index (χ0) is 18.9.